The Morgan fingerprint density at radius 2 is 1.95 bits per heavy atom. The summed E-state index contributed by atoms with van der Waals surface area (Å²) in [6.45, 7) is 1.57. The van der Waals surface area contributed by atoms with Gasteiger partial charge in [-0.05, 0) is 34.5 Å². The Hall–Kier alpha value is -1.02. The van der Waals surface area contributed by atoms with Gasteiger partial charge in [0, 0.05) is 5.56 Å². The van der Waals surface area contributed by atoms with Crippen LogP contribution in [0.1, 0.15) is 15.9 Å². The van der Waals surface area contributed by atoms with Crippen LogP contribution in [0.25, 0.3) is 0 Å². The second-order valence-corrected chi connectivity index (χ2v) is 8.50. The zero-order valence-electron chi connectivity index (χ0n) is 10.6. The monoisotopic (exact) mass is 373 g/mol. The number of Topliss-reactive ketones (excluding diaryl/α,β-unsaturated/α-hetero) is 1. The fourth-order valence-corrected chi connectivity index (χ4v) is 4.77. The molecule has 0 saturated heterocycles. The molecule has 4 nitrogen and oxygen atoms in total. The number of benzene rings is 1. The minimum absolute atomic E-state index is 0.197. The van der Waals surface area contributed by atoms with Crippen LogP contribution in [0.3, 0.4) is 0 Å². The van der Waals surface area contributed by atoms with Crippen molar-refractivity contribution in [3.63, 3.8) is 0 Å². The predicted molar refractivity (Wildman–Crippen MR) is 82.7 cm³/mol. The summed E-state index contributed by atoms with van der Waals surface area (Å²) in [6, 6.07) is 10.2. The predicted octanol–water partition coefficient (Wildman–Crippen LogP) is 2.98. The Balaban J connectivity index is 2.08. The van der Waals surface area contributed by atoms with Gasteiger partial charge in [0.2, 0.25) is 0 Å². The van der Waals surface area contributed by atoms with E-state index >= 15 is 0 Å². The molecule has 1 aromatic carbocycles. The van der Waals surface area contributed by atoms with Gasteiger partial charge in [-0.15, -0.1) is 11.3 Å². The Morgan fingerprint density at radius 1 is 1.30 bits per heavy atom. The molecule has 1 heterocycles. The summed E-state index contributed by atoms with van der Waals surface area (Å²) in [4.78, 5) is 11.9. The third kappa shape index (κ3) is 3.54. The molecule has 0 saturated carbocycles. The fourth-order valence-electron chi connectivity index (χ4n) is 1.52. The summed E-state index contributed by atoms with van der Waals surface area (Å²) in [6.07, 6.45) is 0. The standard InChI is InChI=1S/C13H12BrNO3S2/c1-9-7-12(19-13(9)14)20(17,18)15-8-11(16)10-5-3-2-4-6-10/h2-7,15H,8H2,1H3. The van der Waals surface area contributed by atoms with E-state index in [0.717, 1.165) is 20.7 Å². The van der Waals surface area contributed by atoms with Gasteiger partial charge in [0.15, 0.2) is 5.78 Å². The van der Waals surface area contributed by atoms with E-state index in [-0.39, 0.29) is 16.5 Å². The van der Waals surface area contributed by atoms with Crippen molar-refractivity contribution >= 4 is 43.1 Å². The highest BCUT2D eigenvalue weighted by Crippen LogP contribution is 2.30. The number of aryl methyl sites for hydroxylation is 1. The largest absolute Gasteiger partial charge is 0.293 e. The van der Waals surface area contributed by atoms with E-state index < -0.39 is 10.0 Å². The zero-order valence-corrected chi connectivity index (χ0v) is 13.8. The van der Waals surface area contributed by atoms with Crippen molar-refractivity contribution in [2.45, 2.75) is 11.1 Å². The number of rotatable bonds is 5. The van der Waals surface area contributed by atoms with Crippen LogP contribution in [0.2, 0.25) is 0 Å². The number of carbonyl (C=O) groups excluding carboxylic acids is 1. The molecule has 0 amide bonds. The maximum atomic E-state index is 12.1. The molecule has 1 N–H and O–H groups in total. The molecule has 0 aliphatic rings. The number of nitrogens with one attached hydrogen (secondary N) is 1. The van der Waals surface area contributed by atoms with Gasteiger partial charge in [-0.3, -0.25) is 4.79 Å². The first-order valence-corrected chi connectivity index (χ1v) is 8.83. The van der Waals surface area contributed by atoms with Gasteiger partial charge in [-0.25, -0.2) is 13.1 Å². The fraction of sp³-hybridized carbons (Fsp3) is 0.154. The van der Waals surface area contributed by atoms with Gasteiger partial charge < -0.3 is 0 Å². The number of halogens is 1. The van der Waals surface area contributed by atoms with E-state index in [1.54, 1.807) is 36.4 Å². The maximum absolute atomic E-state index is 12.1. The molecule has 7 heteroatoms. The quantitative estimate of drug-likeness (QED) is 0.819. The summed E-state index contributed by atoms with van der Waals surface area (Å²) in [5.74, 6) is -0.262. The van der Waals surface area contributed by atoms with E-state index in [1.165, 1.54) is 0 Å². The Kier molecular flexibility index (Phi) is 4.74. The van der Waals surface area contributed by atoms with Gasteiger partial charge in [0.05, 0.1) is 10.3 Å². The van der Waals surface area contributed by atoms with Crippen molar-refractivity contribution in [2.24, 2.45) is 0 Å². The zero-order chi connectivity index (χ0) is 14.8. The van der Waals surface area contributed by atoms with Crippen LogP contribution in [0.15, 0.2) is 44.4 Å². The molecule has 1 aromatic heterocycles. The number of thiophene rings is 1. The molecule has 0 bridgehead atoms. The molecule has 0 atom stereocenters. The summed E-state index contributed by atoms with van der Waals surface area (Å²) < 4.78 is 27.4. The van der Waals surface area contributed by atoms with E-state index in [4.69, 9.17) is 0 Å². The summed E-state index contributed by atoms with van der Waals surface area (Å²) in [5.41, 5.74) is 1.34. The van der Waals surface area contributed by atoms with Crippen LogP contribution >= 0.6 is 27.3 Å². The number of ketones is 1. The van der Waals surface area contributed by atoms with E-state index in [2.05, 4.69) is 20.7 Å². The molecular formula is C13H12BrNO3S2. The number of carbonyl (C=O) groups is 1. The van der Waals surface area contributed by atoms with Crippen molar-refractivity contribution < 1.29 is 13.2 Å². The van der Waals surface area contributed by atoms with Crippen molar-refractivity contribution in [1.29, 1.82) is 0 Å². The molecule has 2 rings (SSSR count). The van der Waals surface area contributed by atoms with E-state index in [0.29, 0.717) is 5.56 Å². The van der Waals surface area contributed by atoms with Crippen molar-refractivity contribution in [3.8, 4) is 0 Å². The van der Waals surface area contributed by atoms with Crippen LogP contribution in [0.4, 0.5) is 0 Å². The lowest BCUT2D eigenvalue weighted by atomic mass is 10.1. The normalized spacial score (nSPS) is 11.5. The van der Waals surface area contributed by atoms with Gasteiger partial charge in [-0.2, -0.15) is 0 Å². The minimum Gasteiger partial charge on any atom is -0.293 e. The van der Waals surface area contributed by atoms with Crippen molar-refractivity contribution in [2.75, 3.05) is 6.54 Å². The Morgan fingerprint density at radius 3 is 2.50 bits per heavy atom. The van der Waals surface area contributed by atoms with Gasteiger partial charge >= 0.3 is 0 Å². The first-order chi connectivity index (χ1) is 9.40. The minimum atomic E-state index is -3.65. The summed E-state index contributed by atoms with van der Waals surface area (Å²) >= 11 is 4.41. The highest BCUT2D eigenvalue weighted by atomic mass is 79.9. The van der Waals surface area contributed by atoms with Crippen molar-refractivity contribution in [3.05, 3.63) is 51.3 Å². The lowest BCUT2D eigenvalue weighted by molar-refractivity contribution is 0.0997. The first kappa shape index (κ1) is 15.4. The van der Waals surface area contributed by atoms with Gasteiger partial charge in [-0.1, -0.05) is 30.3 Å². The molecule has 0 aliphatic heterocycles. The highest BCUT2D eigenvalue weighted by Gasteiger charge is 2.19. The van der Waals surface area contributed by atoms with Crippen LogP contribution in [-0.2, 0) is 10.0 Å². The van der Waals surface area contributed by atoms with Crippen LogP contribution in [0, 0.1) is 6.92 Å². The molecular weight excluding hydrogens is 362 g/mol. The smallest absolute Gasteiger partial charge is 0.250 e. The Bertz CT molecular complexity index is 704. The molecule has 20 heavy (non-hydrogen) atoms. The average Bonchev–Trinajstić information content (AvgIpc) is 2.78. The van der Waals surface area contributed by atoms with Crippen LogP contribution < -0.4 is 4.72 Å². The first-order valence-electron chi connectivity index (χ1n) is 5.74. The number of hydrogen-bond acceptors (Lipinski definition) is 4. The van der Waals surface area contributed by atoms with E-state index in [9.17, 15) is 13.2 Å². The molecule has 0 radical (unpaired) electrons. The van der Waals surface area contributed by atoms with Gasteiger partial charge in [0.25, 0.3) is 10.0 Å². The molecule has 0 spiro atoms. The SMILES string of the molecule is Cc1cc(S(=O)(=O)NCC(=O)c2ccccc2)sc1Br. The molecule has 0 aliphatic carbocycles. The second-order valence-electron chi connectivity index (χ2n) is 4.14. The molecule has 0 fully saturated rings. The molecule has 106 valence electrons. The number of hydrogen-bond donors (Lipinski definition) is 1. The lowest BCUT2D eigenvalue weighted by Crippen LogP contribution is -2.29. The summed E-state index contributed by atoms with van der Waals surface area (Å²) in [7, 11) is -3.65. The van der Waals surface area contributed by atoms with Crippen LogP contribution in [0.5, 0.6) is 0 Å². The van der Waals surface area contributed by atoms with Crippen LogP contribution in [-0.4, -0.2) is 20.7 Å². The summed E-state index contributed by atoms with van der Waals surface area (Å²) in [5, 5.41) is 0. The number of sulfonamides is 1. The maximum Gasteiger partial charge on any atom is 0.250 e. The molecule has 2 aromatic rings. The second kappa shape index (κ2) is 6.17. The average molecular weight is 374 g/mol. The van der Waals surface area contributed by atoms with Crippen molar-refractivity contribution in [1.82, 2.24) is 4.72 Å². The Labute approximate surface area is 130 Å². The topological polar surface area (TPSA) is 63.2 Å². The highest BCUT2D eigenvalue weighted by molar-refractivity contribution is 9.11. The third-order valence-electron chi connectivity index (χ3n) is 2.62. The molecule has 0 unspecified atom stereocenters. The van der Waals surface area contributed by atoms with E-state index in [1.807, 2.05) is 6.92 Å². The third-order valence-corrected chi connectivity index (χ3v) is 6.63. The lowest BCUT2D eigenvalue weighted by Gasteiger charge is -2.04. The van der Waals surface area contributed by atoms with Gasteiger partial charge in [0.1, 0.15) is 4.21 Å².